The van der Waals surface area contributed by atoms with Crippen molar-refractivity contribution < 1.29 is 17.9 Å². The normalized spacial score (nSPS) is 13.1. The van der Waals surface area contributed by atoms with E-state index in [4.69, 9.17) is 9.47 Å². The molecular formula is C15H18BrNO4S2. The van der Waals surface area contributed by atoms with E-state index < -0.39 is 10.0 Å². The van der Waals surface area contributed by atoms with Gasteiger partial charge in [0, 0.05) is 22.5 Å². The van der Waals surface area contributed by atoms with Gasteiger partial charge in [0.25, 0.3) is 0 Å². The summed E-state index contributed by atoms with van der Waals surface area (Å²) in [4.78, 5) is 1.12. The van der Waals surface area contributed by atoms with E-state index in [0.29, 0.717) is 16.0 Å². The fourth-order valence-electron chi connectivity index (χ4n) is 2.10. The van der Waals surface area contributed by atoms with Gasteiger partial charge in [0.05, 0.1) is 20.3 Å². The highest BCUT2D eigenvalue weighted by atomic mass is 79.9. The molecule has 0 bridgehead atoms. The zero-order chi connectivity index (χ0) is 17.2. The third kappa shape index (κ3) is 3.55. The molecule has 0 saturated carbocycles. The van der Waals surface area contributed by atoms with Crippen LogP contribution in [0.15, 0.2) is 39.0 Å². The minimum Gasteiger partial charge on any atom is -0.493 e. The van der Waals surface area contributed by atoms with E-state index in [9.17, 15) is 8.42 Å². The molecule has 5 nitrogen and oxygen atoms in total. The standard InChI is InChI=1S/C15H18BrNO4S2/c1-10(14-6-5-7-22-14)17(2)23(18,19)15-9-13(21-4)12(20-3)8-11(15)16/h5-10H,1-4H3. The number of methoxy groups -OCH3 is 2. The fraction of sp³-hybridized carbons (Fsp3) is 0.333. The maximum absolute atomic E-state index is 13.0. The van der Waals surface area contributed by atoms with E-state index >= 15 is 0 Å². The van der Waals surface area contributed by atoms with Crippen LogP contribution in [0.5, 0.6) is 11.5 Å². The van der Waals surface area contributed by atoms with Crippen molar-refractivity contribution in [2.75, 3.05) is 21.3 Å². The molecule has 0 N–H and O–H groups in total. The number of rotatable bonds is 6. The molecule has 0 saturated heterocycles. The first-order valence-electron chi connectivity index (χ1n) is 6.76. The summed E-state index contributed by atoms with van der Waals surface area (Å²) < 4.78 is 38.1. The Balaban J connectivity index is 2.47. The second kappa shape index (κ2) is 7.21. The summed E-state index contributed by atoms with van der Waals surface area (Å²) in [7, 11) is 0.853. The maximum Gasteiger partial charge on any atom is 0.244 e. The van der Waals surface area contributed by atoms with Crippen LogP contribution in [0.25, 0.3) is 0 Å². The topological polar surface area (TPSA) is 55.8 Å². The van der Waals surface area contributed by atoms with Gasteiger partial charge in [-0.2, -0.15) is 4.31 Å². The Morgan fingerprint density at radius 3 is 2.35 bits per heavy atom. The highest BCUT2D eigenvalue weighted by Gasteiger charge is 2.30. The van der Waals surface area contributed by atoms with Crippen molar-refractivity contribution in [1.82, 2.24) is 4.31 Å². The number of nitrogens with zero attached hydrogens (tertiary/aromatic N) is 1. The second-order valence-corrected chi connectivity index (χ2v) is 8.65. The van der Waals surface area contributed by atoms with E-state index in [1.807, 2.05) is 24.4 Å². The van der Waals surface area contributed by atoms with Gasteiger partial charge in [0.1, 0.15) is 4.90 Å². The summed E-state index contributed by atoms with van der Waals surface area (Å²) in [5.74, 6) is 0.832. The van der Waals surface area contributed by atoms with Gasteiger partial charge in [0.15, 0.2) is 11.5 Å². The van der Waals surface area contributed by atoms with Crippen molar-refractivity contribution in [2.24, 2.45) is 0 Å². The van der Waals surface area contributed by atoms with Gasteiger partial charge >= 0.3 is 0 Å². The van der Waals surface area contributed by atoms with Gasteiger partial charge in [-0.1, -0.05) is 6.07 Å². The maximum atomic E-state index is 13.0. The molecule has 1 aromatic heterocycles. The number of halogens is 1. The van der Waals surface area contributed by atoms with Crippen molar-refractivity contribution in [3.05, 3.63) is 39.0 Å². The molecule has 2 aromatic rings. The van der Waals surface area contributed by atoms with Crippen LogP contribution in [-0.2, 0) is 10.0 Å². The summed E-state index contributed by atoms with van der Waals surface area (Å²) >= 11 is 4.84. The third-order valence-corrected chi connectivity index (χ3v) is 7.52. The molecule has 0 aliphatic rings. The Kier molecular flexibility index (Phi) is 5.72. The first-order valence-corrected chi connectivity index (χ1v) is 9.87. The smallest absolute Gasteiger partial charge is 0.244 e. The quantitative estimate of drug-likeness (QED) is 0.711. The number of ether oxygens (including phenoxy) is 2. The molecule has 1 heterocycles. The molecule has 0 fully saturated rings. The minimum absolute atomic E-state index is 0.140. The molecule has 126 valence electrons. The average molecular weight is 420 g/mol. The minimum atomic E-state index is -3.69. The van der Waals surface area contributed by atoms with Crippen molar-refractivity contribution in [1.29, 1.82) is 0 Å². The van der Waals surface area contributed by atoms with Gasteiger partial charge in [-0.05, 0) is 40.4 Å². The van der Waals surface area contributed by atoms with Gasteiger partial charge in [-0.15, -0.1) is 11.3 Å². The molecule has 0 amide bonds. The number of benzene rings is 1. The SMILES string of the molecule is COc1cc(Br)c(S(=O)(=O)N(C)C(C)c2cccs2)cc1OC. The van der Waals surface area contributed by atoms with Gasteiger partial charge in [-0.3, -0.25) is 0 Å². The highest BCUT2D eigenvalue weighted by Crippen LogP contribution is 2.38. The van der Waals surface area contributed by atoms with E-state index in [1.54, 1.807) is 13.1 Å². The molecule has 0 spiro atoms. The Morgan fingerprint density at radius 2 is 1.83 bits per heavy atom. The summed E-state index contributed by atoms with van der Waals surface area (Å²) in [5, 5.41) is 1.93. The summed E-state index contributed by atoms with van der Waals surface area (Å²) in [6, 6.07) is 6.62. The van der Waals surface area contributed by atoms with Crippen molar-refractivity contribution in [3.63, 3.8) is 0 Å². The number of sulfonamides is 1. The molecule has 8 heteroatoms. The predicted octanol–water partition coefficient (Wildman–Crippen LogP) is 3.91. The van der Waals surface area contributed by atoms with Crippen molar-refractivity contribution in [2.45, 2.75) is 17.9 Å². The van der Waals surface area contributed by atoms with E-state index in [-0.39, 0.29) is 10.9 Å². The molecule has 1 aromatic carbocycles. The lowest BCUT2D eigenvalue weighted by Gasteiger charge is -2.24. The molecule has 23 heavy (non-hydrogen) atoms. The first-order chi connectivity index (χ1) is 10.8. The zero-order valence-corrected chi connectivity index (χ0v) is 16.5. The van der Waals surface area contributed by atoms with Crippen LogP contribution in [0.4, 0.5) is 0 Å². The van der Waals surface area contributed by atoms with E-state index in [2.05, 4.69) is 15.9 Å². The Hall–Kier alpha value is -1.09. The molecule has 1 unspecified atom stereocenters. The molecule has 0 aliphatic carbocycles. The van der Waals surface area contributed by atoms with Crippen LogP contribution in [0.1, 0.15) is 17.8 Å². The average Bonchev–Trinajstić information content (AvgIpc) is 3.07. The van der Waals surface area contributed by atoms with E-state index in [0.717, 1.165) is 4.88 Å². The lowest BCUT2D eigenvalue weighted by Crippen LogP contribution is -2.29. The second-order valence-electron chi connectivity index (χ2n) is 4.85. The fourth-order valence-corrected chi connectivity index (χ4v) is 5.34. The highest BCUT2D eigenvalue weighted by molar-refractivity contribution is 9.10. The summed E-state index contributed by atoms with van der Waals surface area (Å²) in [5.41, 5.74) is 0. The van der Waals surface area contributed by atoms with Gasteiger partial charge in [0.2, 0.25) is 10.0 Å². The van der Waals surface area contributed by atoms with Crippen molar-refractivity contribution >= 4 is 37.3 Å². The van der Waals surface area contributed by atoms with Gasteiger partial charge < -0.3 is 9.47 Å². The van der Waals surface area contributed by atoms with Crippen LogP contribution in [0.3, 0.4) is 0 Å². The van der Waals surface area contributed by atoms with Crippen LogP contribution in [0, 0.1) is 0 Å². The number of hydrogen-bond acceptors (Lipinski definition) is 5. The lowest BCUT2D eigenvalue weighted by molar-refractivity contribution is 0.353. The summed E-state index contributed by atoms with van der Waals surface area (Å²) in [6.45, 7) is 1.86. The van der Waals surface area contributed by atoms with Crippen LogP contribution in [-0.4, -0.2) is 34.0 Å². The summed E-state index contributed by atoms with van der Waals surface area (Å²) in [6.07, 6.45) is 0. The molecule has 1 atom stereocenters. The third-order valence-electron chi connectivity index (χ3n) is 3.60. The monoisotopic (exact) mass is 419 g/mol. The molecule has 0 aliphatic heterocycles. The van der Waals surface area contributed by atoms with E-state index in [1.165, 1.54) is 35.9 Å². The molecule has 2 rings (SSSR count). The number of hydrogen-bond donors (Lipinski definition) is 0. The first kappa shape index (κ1) is 18.3. The Labute approximate surface area is 149 Å². The van der Waals surface area contributed by atoms with Crippen molar-refractivity contribution in [3.8, 4) is 11.5 Å². The Morgan fingerprint density at radius 1 is 1.22 bits per heavy atom. The molecule has 0 radical (unpaired) electrons. The largest absolute Gasteiger partial charge is 0.493 e. The zero-order valence-electron chi connectivity index (χ0n) is 13.2. The van der Waals surface area contributed by atoms with Crippen LogP contribution < -0.4 is 9.47 Å². The van der Waals surface area contributed by atoms with Crippen LogP contribution >= 0.6 is 27.3 Å². The lowest BCUT2D eigenvalue weighted by atomic mass is 10.3. The Bertz CT molecular complexity index is 775. The van der Waals surface area contributed by atoms with Gasteiger partial charge in [-0.25, -0.2) is 8.42 Å². The number of thiophene rings is 1. The predicted molar refractivity (Wildman–Crippen MR) is 94.9 cm³/mol. The molecular weight excluding hydrogens is 402 g/mol. The van der Waals surface area contributed by atoms with Crippen LogP contribution in [0.2, 0.25) is 0 Å².